The van der Waals surface area contributed by atoms with Crippen molar-refractivity contribution in [1.82, 2.24) is 19.4 Å². The lowest BCUT2D eigenvalue weighted by Gasteiger charge is -2.51. The van der Waals surface area contributed by atoms with Gasteiger partial charge in [0.05, 0.1) is 17.1 Å². The van der Waals surface area contributed by atoms with Crippen LogP contribution < -0.4 is 5.69 Å². The van der Waals surface area contributed by atoms with E-state index in [9.17, 15) is 14.7 Å². The van der Waals surface area contributed by atoms with Gasteiger partial charge in [0.15, 0.2) is 0 Å². The number of rotatable bonds is 5. The Balaban J connectivity index is 1.26. The number of nitrogens with one attached hydrogen (secondary N) is 1. The van der Waals surface area contributed by atoms with Crippen LogP contribution >= 0.6 is 0 Å². The van der Waals surface area contributed by atoms with Crippen molar-refractivity contribution in [1.29, 1.82) is 0 Å². The lowest BCUT2D eigenvalue weighted by molar-refractivity contribution is -0.0145. The number of carboxylic acid groups (broad SMARTS) is 1. The zero-order valence-corrected chi connectivity index (χ0v) is 20.0. The molecule has 0 aliphatic carbocycles. The summed E-state index contributed by atoms with van der Waals surface area (Å²) in [4.78, 5) is 32.0. The molecule has 3 aromatic carbocycles. The molecular weight excluding hydrogens is 452 g/mol. The summed E-state index contributed by atoms with van der Waals surface area (Å²) >= 11 is 0. The van der Waals surface area contributed by atoms with Crippen molar-refractivity contribution in [3.05, 3.63) is 107 Å². The standard InChI is InChI=1S/C29H30N4O3/c34-28-30-24-13-7-8-14-25(24)33(28)23-15-16-32(29(35)36)26(17-23)22-18-31(19-22)27(20-9-3-1-4-10-20)21-11-5-2-6-12-21/h1-14,22-23,26-27H,15-19H2,(H,30,34)(H,35,36). The number of hydrogen-bond acceptors (Lipinski definition) is 3. The first kappa shape index (κ1) is 22.6. The van der Waals surface area contributed by atoms with Crippen molar-refractivity contribution >= 4 is 17.1 Å². The predicted molar refractivity (Wildman–Crippen MR) is 139 cm³/mol. The number of aromatic nitrogens is 2. The molecule has 4 aromatic rings. The van der Waals surface area contributed by atoms with Gasteiger partial charge in [-0.1, -0.05) is 72.8 Å². The van der Waals surface area contributed by atoms with Crippen LogP contribution in [-0.2, 0) is 0 Å². The number of para-hydroxylation sites is 2. The minimum Gasteiger partial charge on any atom is -0.465 e. The highest BCUT2D eigenvalue weighted by atomic mass is 16.4. The Morgan fingerprint density at radius 3 is 2.14 bits per heavy atom. The minimum absolute atomic E-state index is 0.0256. The Morgan fingerprint density at radius 2 is 1.50 bits per heavy atom. The van der Waals surface area contributed by atoms with Gasteiger partial charge in [0, 0.05) is 37.6 Å². The number of fused-ring (bicyclic) bond motifs is 1. The van der Waals surface area contributed by atoms with Crippen LogP contribution in [-0.4, -0.2) is 56.2 Å². The maximum atomic E-state index is 12.8. The number of hydrogen-bond donors (Lipinski definition) is 2. The largest absolute Gasteiger partial charge is 0.465 e. The summed E-state index contributed by atoms with van der Waals surface area (Å²) in [6.07, 6.45) is 0.414. The van der Waals surface area contributed by atoms with Crippen molar-refractivity contribution in [3.63, 3.8) is 0 Å². The van der Waals surface area contributed by atoms with Crippen LogP contribution in [0.15, 0.2) is 89.7 Å². The maximum Gasteiger partial charge on any atom is 0.407 e. The second-order valence-corrected chi connectivity index (χ2v) is 9.98. The van der Waals surface area contributed by atoms with E-state index in [0.29, 0.717) is 19.4 Å². The Kier molecular flexibility index (Phi) is 5.85. The van der Waals surface area contributed by atoms with E-state index >= 15 is 0 Å². The first-order chi connectivity index (χ1) is 17.6. The second kappa shape index (κ2) is 9.32. The molecule has 7 heteroatoms. The van der Waals surface area contributed by atoms with Gasteiger partial charge < -0.3 is 15.0 Å². The van der Waals surface area contributed by atoms with Crippen LogP contribution in [0.4, 0.5) is 4.79 Å². The molecule has 3 heterocycles. The zero-order valence-electron chi connectivity index (χ0n) is 20.0. The second-order valence-electron chi connectivity index (χ2n) is 9.98. The van der Waals surface area contributed by atoms with Gasteiger partial charge in [0.2, 0.25) is 0 Å². The molecule has 2 saturated heterocycles. The SMILES string of the molecule is O=C(O)N1CCC(n2c(=O)[nH]c3ccccc32)CC1C1CN(C(c2ccccc2)c2ccccc2)C1. The molecule has 7 nitrogen and oxygen atoms in total. The molecule has 0 saturated carbocycles. The summed E-state index contributed by atoms with van der Waals surface area (Å²) in [5.41, 5.74) is 4.07. The summed E-state index contributed by atoms with van der Waals surface area (Å²) in [7, 11) is 0. The molecule has 184 valence electrons. The molecule has 0 spiro atoms. The third kappa shape index (κ3) is 3.99. The van der Waals surface area contributed by atoms with Gasteiger partial charge >= 0.3 is 11.8 Å². The van der Waals surface area contributed by atoms with E-state index < -0.39 is 6.09 Å². The number of nitrogens with zero attached hydrogens (tertiary/aromatic N) is 3. The minimum atomic E-state index is -0.870. The molecule has 0 bridgehead atoms. The first-order valence-electron chi connectivity index (χ1n) is 12.6. The number of H-pyrrole nitrogens is 1. The van der Waals surface area contributed by atoms with Gasteiger partial charge in [-0.2, -0.15) is 0 Å². The third-order valence-electron chi connectivity index (χ3n) is 7.93. The Bertz CT molecular complexity index is 1370. The monoisotopic (exact) mass is 482 g/mol. The van der Waals surface area contributed by atoms with E-state index in [1.165, 1.54) is 11.1 Å². The normalized spacial score (nSPS) is 21.1. The van der Waals surface area contributed by atoms with Crippen LogP contribution in [0, 0.1) is 5.92 Å². The molecule has 2 fully saturated rings. The fourth-order valence-electron chi connectivity index (χ4n) is 6.22. The molecule has 2 aliphatic heterocycles. The number of piperidine rings is 1. The van der Waals surface area contributed by atoms with Gasteiger partial charge in [0.1, 0.15) is 0 Å². The Labute approximate surface area is 209 Å². The molecule has 2 aliphatic rings. The molecular formula is C29H30N4O3. The number of amides is 1. The molecule has 1 aromatic heterocycles. The summed E-state index contributed by atoms with van der Waals surface area (Å²) in [5.74, 6) is 0.222. The molecule has 0 radical (unpaired) electrons. The van der Waals surface area contributed by atoms with Crippen molar-refractivity contribution in [2.24, 2.45) is 5.92 Å². The van der Waals surface area contributed by atoms with E-state index in [1.54, 1.807) is 4.90 Å². The number of imidazole rings is 1. The van der Waals surface area contributed by atoms with Crippen molar-refractivity contribution < 1.29 is 9.90 Å². The summed E-state index contributed by atoms with van der Waals surface area (Å²) in [6.45, 7) is 2.07. The van der Waals surface area contributed by atoms with Gasteiger partial charge in [-0.3, -0.25) is 9.47 Å². The van der Waals surface area contributed by atoms with Crippen molar-refractivity contribution in [3.8, 4) is 0 Å². The average molecular weight is 483 g/mol. The van der Waals surface area contributed by atoms with Crippen molar-refractivity contribution in [2.75, 3.05) is 19.6 Å². The van der Waals surface area contributed by atoms with E-state index in [0.717, 1.165) is 24.1 Å². The number of likely N-dealkylation sites (tertiary alicyclic amines) is 2. The van der Waals surface area contributed by atoms with Crippen LogP contribution in [0.25, 0.3) is 11.0 Å². The molecule has 2 atom stereocenters. The van der Waals surface area contributed by atoms with Gasteiger partial charge in [-0.05, 0) is 36.1 Å². The van der Waals surface area contributed by atoms with Crippen molar-refractivity contribution in [2.45, 2.75) is 31.0 Å². The molecule has 2 N–H and O–H groups in total. The molecule has 1 amide bonds. The smallest absolute Gasteiger partial charge is 0.407 e. The van der Waals surface area contributed by atoms with Gasteiger partial charge in [-0.15, -0.1) is 0 Å². The Hall–Kier alpha value is -3.84. The van der Waals surface area contributed by atoms with Crippen LogP contribution in [0.1, 0.15) is 36.1 Å². The Morgan fingerprint density at radius 1 is 0.889 bits per heavy atom. The lowest BCUT2D eigenvalue weighted by Crippen LogP contribution is -2.60. The van der Waals surface area contributed by atoms with Crippen LogP contribution in [0.5, 0.6) is 0 Å². The highest BCUT2D eigenvalue weighted by Gasteiger charge is 2.44. The maximum absolute atomic E-state index is 12.8. The number of benzene rings is 3. The molecule has 6 rings (SSSR count). The highest BCUT2D eigenvalue weighted by molar-refractivity contribution is 5.75. The quantitative estimate of drug-likeness (QED) is 0.431. The fourth-order valence-corrected chi connectivity index (χ4v) is 6.22. The summed E-state index contributed by atoms with van der Waals surface area (Å²) in [6, 6.07) is 28.7. The predicted octanol–water partition coefficient (Wildman–Crippen LogP) is 4.73. The number of carbonyl (C=O) groups is 1. The summed E-state index contributed by atoms with van der Waals surface area (Å²) < 4.78 is 1.84. The van der Waals surface area contributed by atoms with Crippen LogP contribution in [0.2, 0.25) is 0 Å². The van der Waals surface area contributed by atoms with Gasteiger partial charge in [-0.25, -0.2) is 9.59 Å². The fraction of sp³-hybridized carbons (Fsp3) is 0.310. The van der Waals surface area contributed by atoms with Crippen LogP contribution in [0.3, 0.4) is 0 Å². The van der Waals surface area contributed by atoms with Gasteiger partial charge in [0.25, 0.3) is 0 Å². The first-order valence-corrected chi connectivity index (χ1v) is 12.6. The van der Waals surface area contributed by atoms with E-state index in [4.69, 9.17) is 0 Å². The zero-order chi connectivity index (χ0) is 24.6. The van der Waals surface area contributed by atoms with E-state index in [2.05, 4.69) is 58.4 Å². The molecule has 2 unspecified atom stereocenters. The van der Waals surface area contributed by atoms with E-state index in [1.807, 2.05) is 41.0 Å². The number of aromatic amines is 1. The van der Waals surface area contributed by atoms with E-state index in [-0.39, 0.29) is 29.7 Å². The summed E-state index contributed by atoms with van der Waals surface area (Å²) in [5, 5.41) is 9.99. The lowest BCUT2D eigenvalue weighted by atomic mass is 9.81. The molecule has 36 heavy (non-hydrogen) atoms. The third-order valence-corrected chi connectivity index (χ3v) is 7.93. The topological polar surface area (TPSA) is 81.6 Å². The average Bonchev–Trinajstić information content (AvgIpc) is 3.22. The highest BCUT2D eigenvalue weighted by Crippen LogP contribution is 2.40.